The molecule has 0 fully saturated rings. The highest BCUT2D eigenvalue weighted by Crippen LogP contribution is 2.44. The van der Waals surface area contributed by atoms with E-state index in [0.29, 0.717) is 23.0 Å². The minimum Gasteiger partial charge on any atom is -0.455 e. The maximum atomic E-state index is 9.36. The molecule has 9 rings (SSSR count). The Labute approximate surface area is 301 Å². The quantitative estimate of drug-likeness (QED) is 0.176. The molecule has 2 atom stereocenters. The summed E-state index contributed by atoms with van der Waals surface area (Å²) in [5.74, 6) is 1.92. The van der Waals surface area contributed by atoms with Gasteiger partial charge in [-0.05, 0) is 69.6 Å². The largest absolute Gasteiger partial charge is 0.455 e. The molecule has 1 aliphatic carbocycles. The van der Waals surface area contributed by atoms with Gasteiger partial charge in [-0.2, -0.15) is 5.26 Å². The Kier molecular flexibility index (Phi) is 7.83. The number of fused-ring (bicyclic) bond motifs is 3. The summed E-state index contributed by atoms with van der Waals surface area (Å²) >= 11 is 0. The van der Waals surface area contributed by atoms with E-state index < -0.39 is 0 Å². The fourth-order valence-electron chi connectivity index (χ4n) is 7.31. The monoisotopic (exact) mass is 668 g/mol. The lowest BCUT2D eigenvalue weighted by atomic mass is 9.80. The lowest BCUT2D eigenvalue weighted by Gasteiger charge is -2.26. The van der Waals surface area contributed by atoms with Crippen molar-refractivity contribution < 1.29 is 4.42 Å². The summed E-state index contributed by atoms with van der Waals surface area (Å²) in [6, 6.07) is 51.4. The van der Waals surface area contributed by atoms with Crippen molar-refractivity contribution in [1.29, 1.82) is 5.26 Å². The van der Waals surface area contributed by atoms with Crippen LogP contribution in [-0.2, 0) is 0 Å². The van der Waals surface area contributed by atoms with Gasteiger partial charge in [-0.15, -0.1) is 0 Å². The number of allylic oxidation sites excluding steroid dienone is 4. The number of aromatic nitrogens is 3. The first-order chi connectivity index (χ1) is 25.6. The zero-order valence-corrected chi connectivity index (χ0v) is 28.4. The molecule has 1 aliphatic rings. The molecule has 0 spiro atoms. The Morgan fingerprint density at radius 1 is 0.596 bits per heavy atom. The van der Waals surface area contributed by atoms with E-state index in [2.05, 4.69) is 98.0 Å². The maximum Gasteiger partial charge on any atom is 0.168 e. The fourth-order valence-corrected chi connectivity index (χ4v) is 7.31. The van der Waals surface area contributed by atoms with Gasteiger partial charge in [0.15, 0.2) is 11.6 Å². The summed E-state index contributed by atoms with van der Waals surface area (Å²) in [5, 5.41) is 11.4. The molecule has 5 nitrogen and oxygen atoms in total. The highest BCUT2D eigenvalue weighted by atomic mass is 16.3. The van der Waals surface area contributed by atoms with Crippen LogP contribution < -0.4 is 0 Å². The molecule has 0 amide bonds. The molecule has 5 heteroatoms. The van der Waals surface area contributed by atoms with Crippen LogP contribution in [0.15, 0.2) is 168 Å². The first kappa shape index (κ1) is 31.1. The molecule has 0 radical (unpaired) electrons. The van der Waals surface area contributed by atoms with Crippen LogP contribution in [0.2, 0.25) is 0 Å². The van der Waals surface area contributed by atoms with Crippen LogP contribution in [0, 0.1) is 17.2 Å². The van der Waals surface area contributed by atoms with Crippen molar-refractivity contribution >= 4 is 27.5 Å². The van der Waals surface area contributed by atoms with E-state index in [9.17, 15) is 5.26 Å². The van der Waals surface area contributed by atoms with Crippen LogP contribution in [0.1, 0.15) is 29.8 Å². The molecule has 2 aromatic heterocycles. The van der Waals surface area contributed by atoms with E-state index >= 15 is 0 Å². The molecule has 52 heavy (non-hydrogen) atoms. The number of nitriles is 1. The lowest BCUT2D eigenvalue weighted by molar-refractivity contribution is 0.615. The van der Waals surface area contributed by atoms with E-state index in [-0.39, 0.29) is 11.8 Å². The van der Waals surface area contributed by atoms with Gasteiger partial charge in [-0.1, -0.05) is 140 Å². The van der Waals surface area contributed by atoms with Crippen molar-refractivity contribution in [3.8, 4) is 51.1 Å². The van der Waals surface area contributed by atoms with Gasteiger partial charge >= 0.3 is 0 Å². The van der Waals surface area contributed by atoms with Gasteiger partial charge < -0.3 is 4.42 Å². The third-order valence-corrected chi connectivity index (χ3v) is 10.0. The molecule has 0 bridgehead atoms. The average Bonchev–Trinajstić information content (AvgIpc) is 3.60. The second kappa shape index (κ2) is 13.1. The Morgan fingerprint density at radius 2 is 1.29 bits per heavy atom. The predicted octanol–water partition coefficient (Wildman–Crippen LogP) is 11.7. The number of rotatable bonds is 6. The van der Waals surface area contributed by atoms with E-state index in [1.165, 1.54) is 11.1 Å². The highest BCUT2D eigenvalue weighted by molar-refractivity contribution is 6.12. The second-order valence-corrected chi connectivity index (χ2v) is 13.1. The second-order valence-electron chi connectivity index (χ2n) is 13.1. The van der Waals surface area contributed by atoms with E-state index in [0.717, 1.165) is 55.3 Å². The summed E-state index contributed by atoms with van der Waals surface area (Å²) < 4.78 is 6.71. The molecular weight excluding hydrogens is 637 g/mol. The van der Waals surface area contributed by atoms with Gasteiger partial charge in [0.2, 0.25) is 0 Å². The van der Waals surface area contributed by atoms with Crippen molar-refractivity contribution in [3.05, 3.63) is 181 Å². The van der Waals surface area contributed by atoms with Gasteiger partial charge in [0, 0.05) is 22.3 Å². The number of para-hydroxylation sites is 1. The van der Waals surface area contributed by atoms with Gasteiger partial charge in [0.1, 0.15) is 17.0 Å². The number of hydrogen-bond acceptors (Lipinski definition) is 5. The number of nitrogens with zero attached hydrogens (tertiary/aromatic N) is 4. The summed E-state index contributed by atoms with van der Waals surface area (Å²) in [6.45, 7) is 2.25. The van der Waals surface area contributed by atoms with Crippen LogP contribution in [0.25, 0.3) is 72.5 Å². The number of furan rings is 1. The first-order valence-electron chi connectivity index (χ1n) is 17.5. The average molecular weight is 669 g/mol. The predicted molar refractivity (Wildman–Crippen MR) is 209 cm³/mol. The number of benzene rings is 6. The zero-order chi connectivity index (χ0) is 35.0. The first-order valence-corrected chi connectivity index (χ1v) is 17.5. The normalized spacial score (nSPS) is 15.4. The van der Waals surface area contributed by atoms with Gasteiger partial charge in [0.25, 0.3) is 0 Å². The molecule has 0 saturated carbocycles. The summed E-state index contributed by atoms with van der Waals surface area (Å²) in [6.07, 6.45) is 6.53. The highest BCUT2D eigenvalue weighted by Gasteiger charge is 2.29. The van der Waals surface area contributed by atoms with E-state index in [1.807, 2.05) is 78.9 Å². The number of hydrogen-bond donors (Lipinski definition) is 0. The summed E-state index contributed by atoms with van der Waals surface area (Å²) in [7, 11) is 0. The zero-order valence-electron chi connectivity index (χ0n) is 28.4. The molecule has 246 valence electrons. The Hall–Kier alpha value is -6.90. The topological polar surface area (TPSA) is 75.6 Å². The van der Waals surface area contributed by atoms with Crippen LogP contribution in [0.3, 0.4) is 0 Å². The van der Waals surface area contributed by atoms with Crippen molar-refractivity contribution in [2.75, 3.05) is 0 Å². The van der Waals surface area contributed by atoms with Crippen LogP contribution >= 0.6 is 0 Å². The SMILES string of the molecule is CC1C(c2ccccc2)=CC=CC1c1nc(-c2ccccc2)nc(-c2c(-c3cccc(-c4ccc(C#N)cc4)c3)ccc3c2oc2ccccc23)n1. The Bertz CT molecular complexity index is 2700. The lowest BCUT2D eigenvalue weighted by Crippen LogP contribution is -2.17. The molecule has 2 unspecified atom stereocenters. The van der Waals surface area contributed by atoms with E-state index in [1.54, 1.807) is 0 Å². The molecule has 0 N–H and O–H groups in total. The van der Waals surface area contributed by atoms with Crippen LogP contribution in [0.5, 0.6) is 0 Å². The van der Waals surface area contributed by atoms with Crippen molar-refractivity contribution in [2.45, 2.75) is 12.8 Å². The Morgan fingerprint density at radius 3 is 2.08 bits per heavy atom. The van der Waals surface area contributed by atoms with Crippen molar-refractivity contribution in [2.24, 2.45) is 5.92 Å². The van der Waals surface area contributed by atoms with E-state index in [4.69, 9.17) is 19.4 Å². The van der Waals surface area contributed by atoms with Crippen LogP contribution in [-0.4, -0.2) is 15.0 Å². The molecule has 6 aromatic carbocycles. The minimum atomic E-state index is -0.0811. The fraction of sp³-hybridized carbons (Fsp3) is 0.0638. The summed E-state index contributed by atoms with van der Waals surface area (Å²) in [4.78, 5) is 15.7. The van der Waals surface area contributed by atoms with Crippen molar-refractivity contribution in [3.63, 3.8) is 0 Å². The molecular formula is C47H32N4O. The third-order valence-electron chi connectivity index (χ3n) is 10.0. The third kappa shape index (κ3) is 5.57. The van der Waals surface area contributed by atoms with Crippen molar-refractivity contribution in [1.82, 2.24) is 15.0 Å². The molecule has 0 saturated heterocycles. The standard InChI is InChI=1S/C47H32N4O/c1-30-37(33-12-4-2-5-13-33)19-11-20-38(30)46-49-45(34-14-6-3-7-15-34)50-47(51-46)43-39(26-27-41-40-18-8-9-21-42(40)52-44(41)43)36-17-10-16-35(28-36)32-24-22-31(29-48)23-25-32/h2-28,30,38H,1H3. The van der Waals surface area contributed by atoms with Gasteiger partial charge in [-0.25, -0.2) is 15.0 Å². The maximum absolute atomic E-state index is 9.36. The summed E-state index contributed by atoms with van der Waals surface area (Å²) in [5.41, 5.74) is 10.4. The Balaban J connectivity index is 1.27. The molecule has 2 heterocycles. The molecule has 0 aliphatic heterocycles. The van der Waals surface area contributed by atoms with Crippen LogP contribution in [0.4, 0.5) is 0 Å². The molecule has 8 aromatic rings. The minimum absolute atomic E-state index is 0.0811. The van der Waals surface area contributed by atoms with Gasteiger partial charge in [0.05, 0.1) is 17.2 Å². The van der Waals surface area contributed by atoms with Gasteiger partial charge in [-0.3, -0.25) is 0 Å². The smallest absolute Gasteiger partial charge is 0.168 e.